The number of rotatable bonds is 7. The third kappa shape index (κ3) is 7.72. The van der Waals surface area contributed by atoms with Crippen LogP contribution in [0.5, 0.6) is 0 Å². The van der Waals surface area contributed by atoms with Crippen LogP contribution in [0.4, 0.5) is 9.18 Å². The largest absolute Gasteiger partial charge is 0.350 e. The highest BCUT2D eigenvalue weighted by Gasteiger charge is 2.26. The Balaban J connectivity index is 0.00000364. The third-order valence-corrected chi connectivity index (χ3v) is 4.72. The van der Waals surface area contributed by atoms with E-state index in [-0.39, 0.29) is 36.7 Å². The molecule has 1 heterocycles. The Kier molecular flexibility index (Phi) is 10.1. The van der Waals surface area contributed by atoms with Crippen molar-refractivity contribution in [2.75, 3.05) is 13.1 Å². The molecule has 27 heavy (non-hydrogen) atoms. The lowest BCUT2D eigenvalue weighted by Gasteiger charge is -2.31. The number of hydrogen-bond donors (Lipinski definition) is 4. The van der Waals surface area contributed by atoms with Gasteiger partial charge in [-0.2, -0.15) is 0 Å². The first-order chi connectivity index (χ1) is 12.5. The summed E-state index contributed by atoms with van der Waals surface area (Å²) < 4.78 is 12.9. The third-order valence-electron chi connectivity index (χ3n) is 4.72. The maximum atomic E-state index is 12.9. The smallest absolute Gasteiger partial charge is 0.315 e. The minimum atomic E-state index is -0.567. The molecule has 2 rings (SSSR count). The molecule has 1 fully saturated rings. The maximum Gasteiger partial charge on any atom is 0.315 e. The molecule has 6 nitrogen and oxygen atoms in total. The predicted octanol–water partition coefficient (Wildman–Crippen LogP) is 2.33. The standard InChI is InChI=1S/C19H29FN4O2.ClH/c1-3-4-16(18(25)23-17-12-21-10-9-13(17)2)24-19(26)22-11-14-5-7-15(20)8-6-14;/h5-8,13,16-17,21H,3-4,9-12H2,1-2H3,(H,23,25)(H2,22,24,26);1H. The molecule has 0 bridgehead atoms. The van der Waals surface area contributed by atoms with Crippen molar-refractivity contribution < 1.29 is 14.0 Å². The lowest BCUT2D eigenvalue weighted by Crippen LogP contribution is -2.56. The fraction of sp³-hybridized carbons (Fsp3) is 0.579. The van der Waals surface area contributed by atoms with Crippen LogP contribution >= 0.6 is 12.4 Å². The zero-order valence-electron chi connectivity index (χ0n) is 15.9. The number of halogens is 2. The van der Waals surface area contributed by atoms with Crippen LogP contribution in [0.15, 0.2) is 24.3 Å². The number of amides is 3. The van der Waals surface area contributed by atoms with E-state index in [1.54, 1.807) is 12.1 Å². The van der Waals surface area contributed by atoms with Gasteiger partial charge in [0.2, 0.25) is 5.91 Å². The van der Waals surface area contributed by atoms with Gasteiger partial charge in [-0.3, -0.25) is 4.79 Å². The number of carbonyl (C=O) groups excluding carboxylic acids is 2. The maximum absolute atomic E-state index is 12.9. The molecule has 8 heteroatoms. The second kappa shape index (κ2) is 11.8. The predicted molar refractivity (Wildman–Crippen MR) is 106 cm³/mol. The molecule has 1 aliphatic heterocycles. The van der Waals surface area contributed by atoms with Crippen molar-refractivity contribution >= 4 is 24.3 Å². The van der Waals surface area contributed by atoms with Crippen LogP contribution in [0.2, 0.25) is 0 Å². The lowest BCUT2D eigenvalue weighted by molar-refractivity contribution is -0.124. The van der Waals surface area contributed by atoms with Gasteiger partial charge in [0.1, 0.15) is 11.9 Å². The molecule has 3 amide bonds. The summed E-state index contributed by atoms with van der Waals surface area (Å²) in [6.45, 7) is 6.10. The first kappa shape index (κ1) is 23.2. The van der Waals surface area contributed by atoms with E-state index in [0.29, 0.717) is 12.3 Å². The molecule has 0 spiro atoms. The number of benzene rings is 1. The lowest BCUT2D eigenvalue weighted by atomic mass is 9.94. The molecule has 0 aromatic heterocycles. The summed E-state index contributed by atoms with van der Waals surface area (Å²) in [5.74, 6) is -0.0524. The minimum absolute atomic E-state index is 0. The molecule has 3 atom stereocenters. The normalized spacial score (nSPS) is 20.1. The number of hydrogen-bond acceptors (Lipinski definition) is 3. The minimum Gasteiger partial charge on any atom is -0.350 e. The molecule has 1 aliphatic rings. The molecule has 0 aliphatic carbocycles. The van der Waals surface area contributed by atoms with Gasteiger partial charge in [-0.15, -0.1) is 12.4 Å². The summed E-state index contributed by atoms with van der Waals surface area (Å²) in [6, 6.07) is 5.04. The fourth-order valence-electron chi connectivity index (χ4n) is 3.02. The monoisotopic (exact) mass is 400 g/mol. The quantitative estimate of drug-likeness (QED) is 0.567. The molecule has 0 radical (unpaired) electrons. The van der Waals surface area contributed by atoms with Crippen molar-refractivity contribution in [1.82, 2.24) is 21.3 Å². The summed E-state index contributed by atoms with van der Waals surface area (Å²) in [6.07, 6.45) is 2.38. The van der Waals surface area contributed by atoms with E-state index >= 15 is 0 Å². The van der Waals surface area contributed by atoms with Gasteiger partial charge in [0.25, 0.3) is 0 Å². The second-order valence-electron chi connectivity index (χ2n) is 6.88. The molecule has 1 saturated heterocycles. The molecule has 152 valence electrons. The number of piperidine rings is 1. The van der Waals surface area contributed by atoms with Crippen LogP contribution in [0.1, 0.15) is 38.7 Å². The summed E-state index contributed by atoms with van der Waals surface area (Å²) in [7, 11) is 0. The van der Waals surface area contributed by atoms with E-state index in [9.17, 15) is 14.0 Å². The van der Waals surface area contributed by atoms with E-state index in [0.717, 1.165) is 31.5 Å². The van der Waals surface area contributed by atoms with Gasteiger partial charge in [-0.1, -0.05) is 32.4 Å². The average molecular weight is 401 g/mol. The highest BCUT2D eigenvalue weighted by atomic mass is 35.5. The van der Waals surface area contributed by atoms with Crippen LogP contribution < -0.4 is 21.3 Å². The topological polar surface area (TPSA) is 82.3 Å². The van der Waals surface area contributed by atoms with Gasteiger partial charge in [0, 0.05) is 19.1 Å². The molecular weight excluding hydrogens is 371 g/mol. The van der Waals surface area contributed by atoms with Crippen molar-refractivity contribution in [3.63, 3.8) is 0 Å². The fourth-order valence-corrected chi connectivity index (χ4v) is 3.02. The SMILES string of the molecule is CCCC(NC(=O)NCc1ccc(F)cc1)C(=O)NC1CNCCC1C.Cl. The first-order valence-corrected chi connectivity index (χ1v) is 9.29. The number of nitrogens with one attached hydrogen (secondary N) is 4. The molecule has 4 N–H and O–H groups in total. The van der Waals surface area contributed by atoms with Crippen molar-refractivity contribution in [2.45, 2.75) is 51.7 Å². The van der Waals surface area contributed by atoms with Gasteiger partial charge < -0.3 is 21.3 Å². The van der Waals surface area contributed by atoms with E-state index in [4.69, 9.17) is 0 Å². The van der Waals surface area contributed by atoms with Crippen LogP contribution in [-0.2, 0) is 11.3 Å². The van der Waals surface area contributed by atoms with Crippen LogP contribution in [0, 0.1) is 11.7 Å². The van der Waals surface area contributed by atoms with Gasteiger partial charge in [-0.05, 0) is 43.0 Å². The van der Waals surface area contributed by atoms with Crippen molar-refractivity contribution in [2.24, 2.45) is 5.92 Å². The highest BCUT2D eigenvalue weighted by Crippen LogP contribution is 2.11. The Bertz CT molecular complexity index is 600. The molecule has 1 aromatic rings. The Morgan fingerprint density at radius 3 is 2.63 bits per heavy atom. The Labute approximate surface area is 166 Å². The molecule has 1 aromatic carbocycles. The van der Waals surface area contributed by atoms with Gasteiger partial charge in [0.15, 0.2) is 0 Å². The number of urea groups is 1. The van der Waals surface area contributed by atoms with Crippen molar-refractivity contribution in [3.05, 3.63) is 35.6 Å². The summed E-state index contributed by atoms with van der Waals surface area (Å²) >= 11 is 0. The van der Waals surface area contributed by atoms with Crippen molar-refractivity contribution in [1.29, 1.82) is 0 Å². The molecule has 3 unspecified atom stereocenters. The molecule has 0 saturated carbocycles. The van der Waals surface area contributed by atoms with Crippen LogP contribution in [0.3, 0.4) is 0 Å². The van der Waals surface area contributed by atoms with E-state index in [2.05, 4.69) is 28.2 Å². The van der Waals surface area contributed by atoms with Crippen LogP contribution in [0.25, 0.3) is 0 Å². The van der Waals surface area contributed by atoms with Gasteiger partial charge >= 0.3 is 6.03 Å². The van der Waals surface area contributed by atoms with E-state index in [1.165, 1.54) is 12.1 Å². The summed E-state index contributed by atoms with van der Waals surface area (Å²) in [4.78, 5) is 24.7. The summed E-state index contributed by atoms with van der Waals surface area (Å²) in [5.41, 5.74) is 0.792. The van der Waals surface area contributed by atoms with Crippen LogP contribution in [-0.4, -0.2) is 37.1 Å². The first-order valence-electron chi connectivity index (χ1n) is 9.29. The van der Waals surface area contributed by atoms with Gasteiger partial charge in [0.05, 0.1) is 0 Å². The highest BCUT2D eigenvalue weighted by molar-refractivity contribution is 5.87. The Morgan fingerprint density at radius 2 is 2.00 bits per heavy atom. The summed E-state index contributed by atoms with van der Waals surface area (Å²) in [5, 5.41) is 11.8. The zero-order valence-corrected chi connectivity index (χ0v) is 16.7. The zero-order chi connectivity index (χ0) is 18.9. The Morgan fingerprint density at radius 1 is 1.30 bits per heavy atom. The second-order valence-corrected chi connectivity index (χ2v) is 6.88. The van der Waals surface area contributed by atoms with E-state index < -0.39 is 12.1 Å². The van der Waals surface area contributed by atoms with Crippen molar-refractivity contribution in [3.8, 4) is 0 Å². The molecular formula is C19H30ClFN4O2. The van der Waals surface area contributed by atoms with Gasteiger partial charge in [-0.25, -0.2) is 9.18 Å². The number of carbonyl (C=O) groups is 2. The Hall–Kier alpha value is -1.86. The van der Waals surface area contributed by atoms with E-state index in [1.807, 2.05) is 6.92 Å². The average Bonchev–Trinajstić information content (AvgIpc) is 2.63.